The first kappa shape index (κ1) is 19.7. The zero-order valence-electron chi connectivity index (χ0n) is 16.7. The molecule has 0 saturated heterocycles. The molecule has 1 amide bonds. The van der Waals surface area contributed by atoms with E-state index in [2.05, 4.69) is 15.1 Å². The third kappa shape index (κ3) is 3.12. The first-order valence-corrected chi connectivity index (χ1v) is 9.44. The van der Waals surface area contributed by atoms with E-state index in [1.807, 2.05) is 0 Å². The highest BCUT2D eigenvalue weighted by atomic mass is 19.1. The fourth-order valence-electron chi connectivity index (χ4n) is 3.69. The average molecular weight is 410 g/mol. The van der Waals surface area contributed by atoms with Crippen LogP contribution >= 0.6 is 0 Å². The number of anilines is 1. The second-order valence-corrected chi connectivity index (χ2v) is 7.05. The Morgan fingerprint density at radius 1 is 1.23 bits per heavy atom. The number of hydrogen-bond donors (Lipinski definition) is 1. The Bertz CT molecular complexity index is 1270. The van der Waals surface area contributed by atoms with Crippen molar-refractivity contribution in [2.45, 2.75) is 19.9 Å². The number of nitrogens with zero attached hydrogens (tertiary/aromatic N) is 5. The quantitative estimate of drug-likeness (QED) is 0.555. The van der Waals surface area contributed by atoms with Gasteiger partial charge < -0.3 is 10.6 Å². The van der Waals surface area contributed by atoms with Crippen LogP contribution in [0.15, 0.2) is 36.7 Å². The molecule has 0 aliphatic rings. The standard InChI is InChI=1S/C21H20F2N6O/c1-4-29(11(2)17-6-5-12(22)9-25-17)21(30)13-7-14-18(8-16(13)23)27-20(24)15-10-26-28(3)19(14)15/h5-11H,4H2,1-3H3,(H2,24,27)/t11-/m1/s1. The SMILES string of the molecule is CCN(C(=O)c1cc2c(cc1F)nc(N)c1cnn(C)c12)[C@H](C)c1ccc(F)cn1. The maximum Gasteiger partial charge on any atom is 0.257 e. The molecule has 0 spiro atoms. The summed E-state index contributed by atoms with van der Waals surface area (Å²) in [5, 5.41) is 5.41. The summed E-state index contributed by atoms with van der Waals surface area (Å²) in [6.45, 7) is 3.87. The summed E-state index contributed by atoms with van der Waals surface area (Å²) in [5.41, 5.74) is 7.40. The first-order valence-electron chi connectivity index (χ1n) is 9.44. The molecule has 9 heteroatoms. The molecule has 2 N–H and O–H groups in total. The van der Waals surface area contributed by atoms with E-state index in [9.17, 15) is 13.6 Å². The molecule has 7 nitrogen and oxygen atoms in total. The molecular formula is C21H20F2N6O. The number of aryl methyl sites for hydroxylation is 1. The number of hydrogen-bond acceptors (Lipinski definition) is 5. The van der Waals surface area contributed by atoms with E-state index < -0.39 is 23.6 Å². The number of nitrogens with two attached hydrogens (primary N) is 1. The number of amides is 1. The van der Waals surface area contributed by atoms with Gasteiger partial charge in [0.1, 0.15) is 17.5 Å². The Balaban J connectivity index is 1.82. The molecule has 154 valence electrons. The minimum atomic E-state index is -0.696. The number of carbonyl (C=O) groups is 1. The largest absolute Gasteiger partial charge is 0.383 e. The molecule has 1 aromatic carbocycles. The molecule has 4 rings (SSSR count). The van der Waals surface area contributed by atoms with Crippen LogP contribution in [0.2, 0.25) is 0 Å². The summed E-state index contributed by atoms with van der Waals surface area (Å²) >= 11 is 0. The average Bonchev–Trinajstić information content (AvgIpc) is 3.11. The predicted molar refractivity (Wildman–Crippen MR) is 110 cm³/mol. The maximum absolute atomic E-state index is 14.9. The Kier molecular flexibility index (Phi) is 4.81. The zero-order valence-corrected chi connectivity index (χ0v) is 16.7. The van der Waals surface area contributed by atoms with Crippen molar-refractivity contribution in [2.24, 2.45) is 7.05 Å². The van der Waals surface area contributed by atoms with Crippen molar-refractivity contribution in [2.75, 3.05) is 12.3 Å². The highest BCUT2D eigenvalue weighted by molar-refractivity contribution is 6.10. The molecule has 0 radical (unpaired) electrons. The number of pyridine rings is 2. The van der Waals surface area contributed by atoms with Crippen LogP contribution < -0.4 is 5.73 Å². The minimum Gasteiger partial charge on any atom is -0.383 e. The van der Waals surface area contributed by atoms with Gasteiger partial charge in [-0.2, -0.15) is 5.10 Å². The van der Waals surface area contributed by atoms with E-state index in [1.54, 1.807) is 31.8 Å². The highest BCUT2D eigenvalue weighted by Crippen LogP contribution is 2.30. The van der Waals surface area contributed by atoms with Crippen molar-refractivity contribution in [3.05, 3.63) is 59.6 Å². The number of halogens is 2. The van der Waals surface area contributed by atoms with E-state index in [0.717, 1.165) is 6.20 Å². The van der Waals surface area contributed by atoms with Crippen LogP contribution in [0, 0.1) is 11.6 Å². The monoisotopic (exact) mass is 410 g/mol. The second kappa shape index (κ2) is 7.33. The smallest absolute Gasteiger partial charge is 0.257 e. The Morgan fingerprint density at radius 3 is 2.67 bits per heavy atom. The van der Waals surface area contributed by atoms with Gasteiger partial charge in [-0.25, -0.2) is 13.8 Å². The summed E-state index contributed by atoms with van der Waals surface area (Å²) < 4.78 is 29.7. The van der Waals surface area contributed by atoms with Crippen molar-refractivity contribution < 1.29 is 13.6 Å². The lowest BCUT2D eigenvalue weighted by atomic mass is 10.1. The van der Waals surface area contributed by atoms with Crippen LogP contribution in [-0.2, 0) is 7.05 Å². The maximum atomic E-state index is 14.9. The lowest BCUT2D eigenvalue weighted by Crippen LogP contribution is -2.34. The van der Waals surface area contributed by atoms with E-state index >= 15 is 0 Å². The van der Waals surface area contributed by atoms with Crippen molar-refractivity contribution in [1.29, 1.82) is 0 Å². The third-order valence-corrected chi connectivity index (χ3v) is 5.27. The number of benzene rings is 1. The van der Waals surface area contributed by atoms with Gasteiger partial charge in [-0.1, -0.05) is 0 Å². The van der Waals surface area contributed by atoms with Gasteiger partial charge in [0.05, 0.1) is 46.1 Å². The normalized spacial score (nSPS) is 12.4. The number of nitrogen functional groups attached to an aromatic ring is 1. The predicted octanol–water partition coefficient (Wildman–Crippen LogP) is 3.60. The molecule has 0 aliphatic carbocycles. The first-order chi connectivity index (χ1) is 14.3. The lowest BCUT2D eigenvalue weighted by molar-refractivity contribution is 0.0694. The van der Waals surface area contributed by atoms with Gasteiger partial charge in [-0.15, -0.1) is 0 Å². The van der Waals surface area contributed by atoms with Gasteiger partial charge in [0.25, 0.3) is 5.91 Å². The van der Waals surface area contributed by atoms with Crippen molar-refractivity contribution in [3.8, 4) is 0 Å². The third-order valence-electron chi connectivity index (χ3n) is 5.27. The molecule has 3 heterocycles. The van der Waals surface area contributed by atoms with E-state index in [-0.39, 0.29) is 11.4 Å². The molecule has 0 fully saturated rings. The Labute approximate surface area is 171 Å². The minimum absolute atomic E-state index is 0.0904. The van der Waals surface area contributed by atoms with E-state index in [0.29, 0.717) is 34.0 Å². The summed E-state index contributed by atoms with van der Waals surface area (Å²) in [6.07, 6.45) is 2.68. The molecule has 3 aromatic heterocycles. The van der Waals surface area contributed by atoms with E-state index in [4.69, 9.17) is 5.73 Å². The molecule has 0 bridgehead atoms. The van der Waals surface area contributed by atoms with Crippen molar-refractivity contribution >= 4 is 33.5 Å². The summed E-state index contributed by atoms with van der Waals surface area (Å²) in [5.74, 6) is -1.41. The number of aromatic nitrogens is 4. The van der Waals surface area contributed by atoms with Gasteiger partial charge in [0.15, 0.2) is 0 Å². The van der Waals surface area contributed by atoms with Gasteiger partial charge in [-0.05, 0) is 32.0 Å². The van der Waals surface area contributed by atoms with Crippen LogP contribution in [-0.4, -0.2) is 37.1 Å². The van der Waals surface area contributed by atoms with Gasteiger partial charge in [-0.3, -0.25) is 14.5 Å². The molecule has 0 saturated carbocycles. The summed E-state index contributed by atoms with van der Waals surface area (Å²) in [6, 6.07) is 5.01. The number of rotatable bonds is 4. The topological polar surface area (TPSA) is 89.9 Å². The van der Waals surface area contributed by atoms with Crippen LogP contribution in [0.1, 0.15) is 35.9 Å². The Morgan fingerprint density at radius 2 is 2.00 bits per heavy atom. The number of fused-ring (bicyclic) bond motifs is 3. The van der Waals surface area contributed by atoms with Gasteiger partial charge in [0, 0.05) is 25.0 Å². The highest BCUT2D eigenvalue weighted by Gasteiger charge is 2.26. The summed E-state index contributed by atoms with van der Waals surface area (Å²) in [4.78, 5) is 23.0. The molecule has 1 atom stereocenters. The van der Waals surface area contributed by atoms with Crippen molar-refractivity contribution in [3.63, 3.8) is 0 Å². The van der Waals surface area contributed by atoms with Crippen LogP contribution in [0.3, 0.4) is 0 Å². The van der Waals surface area contributed by atoms with E-state index in [1.165, 1.54) is 29.2 Å². The van der Waals surface area contributed by atoms with Crippen LogP contribution in [0.5, 0.6) is 0 Å². The Hall–Kier alpha value is -3.62. The molecule has 0 unspecified atom stereocenters. The fraction of sp³-hybridized carbons (Fsp3) is 0.238. The second-order valence-electron chi connectivity index (χ2n) is 7.05. The summed E-state index contributed by atoms with van der Waals surface area (Å²) in [7, 11) is 1.74. The van der Waals surface area contributed by atoms with Crippen LogP contribution in [0.4, 0.5) is 14.6 Å². The number of carbonyl (C=O) groups excluding carboxylic acids is 1. The molecular weight excluding hydrogens is 390 g/mol. The van der Waals surface area contributed by atoms with Gasteiger partial charge >= 0.3 is 0 Å². The lowest BCUT2D eigenvalue weighted by Gasteiger charge is -2.28. The molecule has 4 aromatic rings. The fourth-order valence-corrected chi connectivity index (χ4v) is 3.69. The molecule has 30 heavy (non-hydrogen) atoms. The van der Waals surface area contributed by atoms with Gasteiger partial charge in [0.2, 0.25) is 0 Å². The van der Waals surface area contributed by atoms with Crippen LogP contribution in [0.25, 0.3) is 21.8 Å². The van der Waals surface area contributed by atoms with Crippen molar-refractivity contribution in [1.82, 2.24) is 24.6 Å². The molecule has 0 aliphatic heterocycles. The zero-order chi connectivity index (χ0) is 21.6.